The smallest absolute Gasteiger partial charge is 0.158 e. The van der Waals surface area contributed by atoms with Crippen molar-refractivity contribution in [2.24, 2.45) is 0 Å². The SMILES string of the molecule is O=C1CS(=O)c2ccccc2S(=O)C1. The van der Waals surface area contributed by atoms with Crippen LogP contribution in [0.4, 0.5) is 0 Å². The van der Waals surface area contributed by atoms with Crippen LogP contribution in [0.2, 0.25) is 0 Å². The monoisotopic (exact) mass is 228 g/mol. The van der Waals surface area contributed by atoms with Crippen molar-refractivity contribution in [2.45, 2.75) is 9.79 Å². The van der Waals surface area contributed by atoms with Gasteiger partial charge in [-0.15, -0.1) is 0 Å². The molecule has 0 spiro atoms. The van der Waals surface area contributed by atoms with E-state index < -0.39 is 21.6 Å². The van der Waals surface area contributed by atoms with Gasteiger partial charge < -0.3 is 0 Å². The highest BCUT2D eigenvalue weighted by atomic mass is 32.2. The van der Waals surface area contributed by atoms with Crippen molar-refractivity contribution in [1.29, 1.82) is 0 Å². The van der Waals surface area contributed by atoms with Crippen molar-refractivity contribution in [2.75, 3.05) is 11.5 Å². The Labute approximate surface area is 86.4 Å². The first-order valence-corrected chi connectivity index (χ1v) is 6.70. The van der Waals surface area contributed by atoms with Gasteiger partial charge in [-0.3, -0.25) is 13.2 Å². The van der Waals surface area contributed by atoms with Gasteiger partial charge in [-0.2, -0.15) is 0 Å². The van der Waals surface area contributed by atoms with Gasteiger partial charge in [0.15, 0.2) is 5.78 Å². The minimum absolute atomic E-state index is 0.0112. The van der Waals surface area contributed by atoms with Crippen molar-refractivity contribution in [3.05, 3.63) is 24.3 Å². The van der Waals surface area contributed by atoms with Gasteiger partial charge in [-0.05, 0) is 12.1 Å². The van der Waals surface area contributed by atoms with Crippen LogP contribution in [0.5, 0.6) is 0 Å². The summed E-state index contributed by atoms with van der Waals surface area (Å²) in [5.74, 6) is -0.219. The third kappa shape index (κ3) is 1.69. The summed E-state index contributed by atoms with van der Waals surface area (Å²) in [7, 11) is -2.65. The lowest BCUT2D eigenvalue weighted by Crippen LogP contribution is -2.13. The normalized spacial score (nSPS) is 26.7. The summed E-state index contributed by atoms with van der Waals surface area (Å²) in [6.45, 7) is 0. The number of carbonyl (C=O) groups is 1. The maximum absolute atomic E-state index is 11.6. The molecule has 3 nitrogen and oxygen atoms in total. The molecule has 1 aliphatic rings. The number of hydrogen-bond acceptors (Lipinski definition) is 3. The molecule has 1 aromatic rings. The van der Waals surface area contributed by atoms with E-state index in [1.54, 1.807) is 24.3 Å². The summed E-state index contributed by atoms with van der Waals surface area (Å²) in [5.41, 5.74) is 0. The molecule has 0 saturated heterocycles. The molecular formula is C9H8O3S2. The van der Waals surface area contributed by atoms with Crippen LogP contribution in [-0.2, 0) is 26.4 Å². The van der Waals surface area contributed by atoms with Crippen LogP contribution < -0.4 is 0 Å². The minimum Gasteiger partial charge on any atom is -0.298 e. The average Bonchev–Trinajstić information content (AvgIpc) is 2.26. The zero-order chi connectivity index (χ0) is 10.1. The van der Waals surface area contributed by atoms with Crippen LogP contribution in [-0.4, -0.2) is 25.7 Å². The van der Waals surface area contributed by atoms with Crippen molar-refractivity contribution in [1.82, 2.24) is 0 Å². The highest BCUT2D eigenvalue weighted by molar-refractivity contribution is 7.90. The average molecular weight is 228 g/mol. The second-order valence-corrected chi connectivity index (χ2v) is 5.80. The molecule has 0 N–H and O–H groups in total. The Morgan fingerprint density at radius 2 is 1.36 bits per heavy atom. The minimum atomic E-state index is -1.33. The van der Waals surface area contributed by atoms with Crippen LogP contribution >= 0.6 is 0 Å². The van der Waals surface area contributed by atoms with Gasteiger partial charge in [-0.1, -0.05) is 12.1 Å². The number of rotatable bonds is 0. The number of ketones is 1. The molecule has 0 saturated carbocycles. The number of fused-ring (bicyclic) bond motifs is 1. The van der Waals surface area contributed by atoms with Crippen molar-refractivity contribution < 1.29 is 13.2 Å². The van der Waals surface area contributed by atoms with Crippen molar-refractivity contribution in [3.63, 3.8) is 0 Å². The van der Waals surface area contributed by atoms with E-state index in [0.717, 1.165) is 0 Å². The Kier molecular flexibility index (Phi) is 2.60. The van der Waals surface area contributed by atoms with Crippen LogP contribution in [0.3, 0.4) is 0 Å². The zero-order valence-corrected chi connectivity index (χ0v) is 8.90. The summed E-state index contributed by atoms with van der Waals surface area (Å²) in [6.07, 6.45) is 0. The molecule has 1 aliphatic heterocycles. The predicted octanol–water partition coefficient (Wildman–Crippen LogP) is 0.485. The maximum Gasteiger partial charge on any atom is 0.158 e. The van der Waals surface area contributed by atoms with E-state index in [-0.39, 0.29) is 17.3 Å². The lowest BCUT2D eigenvalue weighted by atomic mass is 10.4. The van der Waals surface area contributed by atoms with E-state index >= 15 is 0 Å². The molecule has 0 bridgehead atoms. The van der Waals surface area contributed by atoms with Gasteiger partial charge in [0.2, 0.25) is 0 Å². The predicted molar refractivity (Wildman–Crippen MR) is 54.0 cm³/mol. The van der Waals surface area contributed by atoms with Gasteiger partial charge in [0.1, 0.15) is 0 Å². The molecule has 0 aliphatic carbocycles. The topological polar surface area (TPSA) is 51.2 Å². The molecule has 0 fully saturated rings. The fraction of sp³-hybridized carbons (Fsp3) is 0.222. The van der Waals surface area contributed by atoms with E-state index in [4.69, 9.17) is 0 Å². The van der Waals surface area contributed by atoms with Crippen molar-refractivity contribution >= 4 is 27.4 Å². The second-order valence-electron chi connectivity index (χ2n) is 2.97. The van der Waals surface area contributed by atoms with Crippen LogP contribution in [0.1, 0.15) is 0 Å². The molecule has 0 aromatic heterocycles. The molecule has 14 heavy (non-hydrogen) atoms. The highest BCUT2D eigenvalue weighted by Crippen LogP contribution is 2.20. The fourth-order valence-electron chi connectivity index (χ4n) is 1.32. The number of benzene rings is 1. The van der Waals surface area contributed by atoms with Crippen LogP contribution in [0, 0.1) is 0 Å². The summed E-state index contributed by atoms with van der Waals surface area (Å²) in [4.78, 5) is 12.3. The number of Topliss-reactive ketones (excluding diaryl/α,β-unsaturated/α-hetero) is 1. The second kappa shape index (κ2) is 3.74. The molecule has 2 rings (SSSR count). The summed E-state index contributed by atoms with van der Waals surface area (Å²) in [6, 6.07) is 6.82. The number of carbonyl (C=O) groups excluding carboxylic acids is 1. The molecule has 0 radical (unpaired) electrons. The Bertz CT molecular complexity index is 400. The standard InChI is InChI=1S/C9H8O3S2/c10-7-5-13(11)8-3-1-2-4-9(8)14(12)6-7/h1-4H,5-6H2. The van der Waals surface area contributed by atoms with E-state index in [0.29, 0.717) is 9.79 Å². The lowest BCUT2D eigenvalue weighted by Gasteiger charge is -2.01. The Morgan fingerprint density at radius 1 is 0.929 bits per heavy atom. The summed E-state index contributed by atoms with van der Waals surface area (Å²) in [5, 5.41) is 0. The molecule has 1 aromatic carbocycles. The van der Waals surface area contributed by atoms with Crippen LogP contribution in [0.25, 0.3) is 0 Å². The first-order valence-electron chi connectivity index (χ1n) is 4.06. The van der Waals surface area contributed by atoms with E-state index in [1.165, 1.54) is 0 Å². The summed E-state index contributed by atoms with van der Waals surface area (Å²) >= 11 is 0. The van der Waals surface area contributed by atoms with Crippen LogP contribution in [0.15, 0.2) is 34.1 Å². The van der Waals surface area contributed by atoms with E-state index in [9.17, 15) is 13.2 Å². The molecule has 0 amide bonds. The largest absolute Gasteiger partial charge is 0.298 e. The Balaban J connectivity index is 2.59. The summed E-state index contributed by atoms with van der Waals surface area (Å²) < 4.78 is 23.2. The number of hydrogen-bond donors (Lipinski definition) is 0. The Morgan fingerprint density at radius 3 is 1.79 bits per heavy atom. The molecule has 1 heterocycles. The molecule has 5 heteroatoms. The fourth-order valence-corrected chi connectivity index (χ4v) is 4.15. The van der Waals surface area contributed by atoms with E-state index in [2.05, 4.69) is 0 Å². The zero-order valence-electron chi connectivity index (χ0n) is 7.26. The van der Waals surface area contributed by atoms with Gasteiger partial charge >= 0.3 is 0 Å². The van der Waals surface area contributed by atoms with Gasteiger partial charge in [0.25, 0.3) is 0 Å². The molecule has 74 valence electrons. The maximum atomic E-state index is 11.6. The van der Waals surface area contributed by atoms with Crippen molar-refractivity contribution in [3.8, 4) is 0 Å². The molecule has 2 atom stereocenters. The quantitative estimate of drug-likeness (QED) is 0.649. The molecular weight excluding hydrogens is 220 g/mol. The van der Waals surface area contributed by atoms with Gasteiger partial charge in [0, 0.05) is 0 Å². The lowest BCUT2D eigenvalue weighted by molar-refractivity contribution is -0.114. The first kappa shape index (κ1) is 9.73. The first-order chi connectivity index (χ1) is 6.68. The third-order valence-corrected chi connectivity index (χ3v) is 4.91. The molecule has 2 unspecified atom stereocenters. The Hall–Kier alpha value is -0.810. The van der Waals surface area contributed by atoms with Gasteiger partial charge in [0.05, 0.1) is 42.9 Å². The third-order valence-electron chi connectivity index (χ3n) is 1.92. The van der Waals surface area contributed by atoms with Gasteiger partial charge in [-0.25, -0.2) is 0 Å². The van der Waals surface area contributed by atoms with E-state index in [1.807, 2.05) is 0 Å². The highest BCUT2D eigenvalue weighted by Gasteiger charge is 2.23.